The number of thiophene rings is 1. The second-order valence-corrected chi connectivity index (χ2v) is 6.41. The average Bonchev–Trinajstić information content (AvgIpc) is 2.91. The summed E-state index contributed by atoms with van der Waals surface area (Å²) in [6.45, 7) is 3.54. The second kappa shape index (κ2) is 6.54. The maximum Gasteiger partial charge on any atom is 0.232 e. The van der Waals surface area contributed by atoms with Crippen LogP contribution in [0.2, 0.25) is 0 Å². The molecule has 21 heavy (non-hydrogen) atoms. The van der Waals surface area contributed by atoms with Gasteiger partial charge in [0.2, 0.25) is 17.8 Å². The smallest absolute Gasteiger partial charge is 0.232 e. The fourth-order valence-electron chi connectivity index (χ4n) is 1.98. The summed E-state index contributed by atoms with van der Waals surface area (Å²) in [7, 11) is 0. The van der Waals surface area contributed by atoms with Crippen molar-refractivity contribution in [2.24, 2.45) is 0 Å². The Morgan fingerprint density at radius 1 is 1.33 bits per heavy atom. The lowest BCUT2D eigenvalue weighted by Crippen LogP contribution is -2.37. The van der Waals surface area contributed by atoms with Crippen LogP contribution in [0.3, 0.4) is 0 Å². The number of morpholine rings is 1. The molecule has 2 aromatic heterocycles. The van der Waals surface area contributed by atoms with E-state index in [-0.39, 0.29) is 5.95 Å². The predicted octanol–water partition coefficient (Wildman–Crippen LogP) is 1.73. The van der Waals surface area contributed by atoms with Crippen molar-refractivity contribution < 1.29 is 4.74 Å². The van der Waals surface area contributed by atoms with Crippen molar-refractivity contribution in [3.05, 3.63) is 20.8 Å². The van der Waals surface area contributed by atoms with Crippen molar-refractivity contribution in [3.8, 4) is 0 Å². The van der Waals surface area contributed by atoms with Gasteiger partial charge in [0.1, 0.15) is 0 Å². The van der Waals surface area contributed by atoms with Crippen molar-refractivity contribution in [2.75, 3.05) is 42.3 Å². The Kier molecular flexibility index (Phi) is 4.51. The number of ether oxygens (including phenoxy) is 1. The van der Waals surface area contributed by atoms with Crippen LogP contribution in [-0.4, -0.2) is 41.3 Å². The number of nitrogen functional groups attached to an aromatic ring is 1. The van der Waals surface area contributed by atoms with Gasteiger partial charge in [0.15, 0.2) is 0 Å². The Morgan fingerprint density at radius 3 is 2.86 bits per heavy atom. The number of hydrogen-bond acceptors (Lipinski definition) is 8. The van der Waals surface area contributed by atoms with E-state index in [9.17, 15) is 0 Å². The molecule has 0 unspecified atom stereocenters. The summed E-state index contributed by atoms with van der Waals surface area (Å²) < 4.78 is 6.40. The Hall–Kier alpha value is -1.45. The van der Waals surface area contributed by atoms with E-state index in [0.29, 0.717) is 31.7 Å². The maximum absolute atomic E-state index is 5.77. The largest absolute Gasteiger partial charge is 0.378 e. The van der Waals surface area contributed by atoms with Gasteiger partial charge in [-0.25, -0.2) is 0 Å². The highest BCUT2D eigenvalue weighted by Gasteiger charge is 2.15. The van der Waals surface area contributed by atoms with Crippen LogP contribution in [0.4, 0.5) is 17.8 Å². The zero-order valence-electron chi connectivity index (χ0n) is 11.3. The molecular formula is C12H15BrN6OS. The minimum atomic E-state index is 0.223. The van der Waals surface area contributed by atoms with Crippen molar-refractivity contribution in [1.82, 2.24) is 15.0 Å². The molecule has 1 aliphatic rings. The number of nitrogens with one attached hydrogen (secondary N) is 1. The molecule has 2 aromatic rings. The first-order valence-electron chi connectivity index (χ1n) is 6.52. The van der Waals surface area contributed by atoms with E-state index in [4.69, 9.17) is 10.5 Å². The van der Waals surface area contributed by atoms with Crippen LogP contribution in [-0.2, 0) is 11.3 Å². The molecule has 9 heteroatoms. The van der Waals surface area contributed by atoms with Gasteiger partial charge in [0.05, 0.1) is 19.8 Å². The zero-order valence-corrected chi connectivity index (χ0v) is 13.7. The second-order valence-electron chi connectivity index (χ2n) is 4.50. The number of hydrogen-bond donors (Lipinski definition) is 2. The summed E-state index contributed by atoms with van der Waals surface area (Å²) >= 11 is 5.10. The molecule has 1 saturated heterocycles. The molecule has 0 saturated carbocycles. The summed E-state index contributed by atoms with van der Waals surface area (Å²) in [4.78, 5) is 16.0. The molecule has 7 nitrogen and oxygen atoms in total. The van der Waals surface area contributed by atoms with E-state index in [1.807, 2.05) is 5.38 Å². The first-order valence-corrected chi connectivity index (χ1v) is 8.19. The molecule has 1 fully saturated rings. The number of nitrogens with zero attached hydrogens (tertiary/aromatic N) is 4. The van der Waals surface area contributed by atoms with E-state index in [0.717, 1.165) is 17.6 Å². The Bertz CT molecular complexity index is 616. The van der Waals surface area contributed by atoms with Gasteiger partial charge in [0, 0.05) is 27.8 Å². The zero-order chi connectivity index (χ0) is 14.7. The minimum Gasteiger partial charge on any atom is -0.378 e. The molecule has 3 heterocycles. The van der Waals surface area contributed by atoms with Gasteiger partial charge in [-0.2, -0.15) is 15.0 Å². The van der Waals surface area contributed by atoms with Crippen LogP contribution in [0.15, 0.2) is 15.9 Å². The summed E-state index contributed by atoms with van der Waals surface area (Å²) in [6, 6.07) is 2.06. The molecular weight excluding hydrogens is 356 g/mol. The SMILES string of the molecule is Nc1nc(NCc2cc(Br)cs2)nc(N2CCOCC2)n1. The Labute approximate surface area is 134 Å². The average molecular weight is 371 g/mol. The molecule has 0 bridgehead atoms. The highest BCUT2D eigenvalue weighted by atomic mass is 79.9. The molecule has 0 spiro atoms. The molecule has 112 valence electrons. The fourth-order valence-corrected chi connectivity index (χ4v) is 3.37. The first kappa shape index (κ1) is 14.5. The number of nitrogens with two attached hydrogens (primary N) is 1. The van der Waals surface area contributed by atoms with Crippen LogP contribution in [0.25, 0.3) is 0 Å². The third kappa shape index (κ3) is 3.80. The molecule has 1 aliphatic heterocycles. The molecule has 0 aliphatic carbocycles. The highest BCUT2D eigenvalue weighted by Crippen LogP contribution is 2.21. The predicted molar refractivity (Wildman–Crippen MR) is 86.6 cm³/mol. The summed E-state index contributed by atoms with van der Waals surface area (Å²) in [6.07, 6.45) is 0. The number of aromatic nitrogens is 3. The van der Waals surface area contributed by atoms with E-state index in [2.05, 4.69) is 47.2 Å². The number of rotatable bonds is 4. The Morgan fingerprint density at radius 2 is 2.14 bits per heavy atom. The van der Waals surface area contributed by atoms with Crippen LogP contribution in [0.1, 0.15) is 4.88 Å². The van der Waals surface area contributed by atoms with Crippen LogP contribution in [0, 0.1) is 0 Å². The third-order valence-electron chi connectivity index (χ3n) is 2.98. The van der Waals surface area contributed by atoms with Gasteiger partial charge in [-0.05, 0) is 22.0 Å². The van der Waals surface area contributed by atoms with Crippen LogP contribution in [0.5, 0.6) is 0 Å². The van der Waals surface area contributed by atoms with Crippen molar-refractivity contribution in [2.45, 2.75) is 6.54 Å². The van der Waals surface area contributed by atoms with Crippen molar-refractivity contribution >= 4 is 45.1 Å². The van der Waals surface area contributed by atoms with Gasteiger partial charge in [-0.3, -0.25) is 0 Å². The van der Waals surface area contributed by atoms with Crippen LogP contribution >= 0.6 is 27.3 Å². The minimum absolute atomic E-state index is 0.223. The molecule has 0 radical (unpaired) electrons. The summed E-state index contributed by atoms with van der Waals surface area (Å²) in [5.41, 5.74) is 5.77. The van der Waals surface area contributed by atoms with E-state index >= 15 is 0 Å². The first-order chi connectivity index (χ1) is 10.2. The summed E-state index contributed by atoms with van der Waals surface area (Å²) in [5, 5.41) is 5.22. The van der Waals surface area contributed by atoms with Gasteiger partial charge in [0.25, 0.3) is 0 Å². The van der Waals surface area contributed by atoms with Crippen molar-refractivity contribution in [3.63, 3.8) is 0 Å². The number of anilines is 3. The topological polar surface area (TPSA) is 89.2 Å². The van der Waals surface area contributed by atoms with Crippen molar-refractivity contribution in [1.29, 1.82) is 0 Å². The Balaban J connectivity index is 1.71. The van der Waals surface area contributed by atoms with Crippen LogP contribution < -0.4 is 16.0 Å². The fraction of sp³-hybridized carbons (Fsp3) is 0.417. The lowest BCUT2D eigenvalue weighted by Gasteiger charge is -2.26. The third-order valence-corrected chi connectivity index (χ3v) is 4.67. The number of halogens is 1. The normalized spacial score (nSPS) is 15.2. The maximum atomic E-state index is 5.77. The van der Waals surface area contributed by atoms with E-state index in [1.165, 1.54) is 4.88 Å². The van der Waals surface area contributed by atoms with Gasteiger partial charge >= 0.3 is 0 Å². The highest BCUT2D eigenvalue weighted by molar-refractivity contribution is 9.10. The lowest BCUT2D eigenvalue weighted by molar-refractivity contribution is 0.122. The molecule has 0 aromatic carbocycles. The summed E-state index contributed by atoms with van der Waals surface area (Å²) in [5.74, 6) is 1.32. The monoisotopic (exact) mass is 370 g/mol. The quantitative estimate of drug-likeness (QED) is 0.846. The molecule has 3 rings (SSSR count). The van der Waals surface area contributed by atoms with E-state index in [1.54, 1.807) is 11.3 Å². The molecule has 3 N–H and O–H groups in total. The van der Waals surface area contributed by atoms with Gasteiger partial charge in [-0.15, -0.1) is 11.3 Å². The van der Waals surface area contributed by atoms with Gasteiger partial charge < -0.3 is 20.7 Å². The lowest BCUT2D eigenvalue weighted by atomic mass is 10.4. The standard InChI is InChI=1S/C12H15BrN6OS/c13-8-5-9(21-7-8)6-15-11-16-10(14)17-12(18-11)19-1-3-20-4-2-19/h5,7H,1-4,6H2,(H3,14,15,16,17,18). The van der Waals surface area contributed by atoms with E-state index < -0.39 is 0 Å². The van der Waals surface area contributed by atoms with Gasteiger partial charge in [-0.1, -0.05) is 0 Å². The molecule has 0 atom stereocenters. The molecule has 0 amide bonds.